The highest BCUT2D eigenvalue weighted by Gasteiger charge is 2.25. The van der Waals surface area contributed by atoms with E-state index in [0.29, 0.717) is 27.0 Å². The summed E-state index contributed by atoms with van der Waals surface area (Å²) >= 11 is 7.75. The molecule has 1 aliphatic rings. The number of amidine groups is 1. The quantitative estimate of drug-likeness (QED) is 0.365. The van der Waals surface area contributed by atoms with Gasteiger partial charge in [0, 0.05) is 21.7 Å². The fraction of sp³-hybridized carbons (Fsp3) is 0. The van der Waals surface area contributed by atoms with Crippen molar-refractivity contribution in [3.8, 4) is 0 Å². The average molecular weight is 472 g/mol. The van der Waals surface area contributed by atoms with E-state index in [2.05, 4.69) is 9.71 Å². The Bertz CT molecular complexity index is 1050. The molecule has 0 saturated carbocycles. The fourth-order valence-corrected chi connectivity index (χ4v) is 3.93. The lowest BCUT2D eigenvalue weighted by Crippen LogP contribution is -2.23. The summed E-state index contributed by atoms with van der Waals surface area (Å²) in [6.07, 6.45) is 0. The van der Waals surface area contributed by atoms with E-state index in [0.717, 1.165) is 11.1 Å². The Labute approximate surface area is 183 Å². The second-order valence-electron chi connectivity index (χ2n) is 5.88. The molecule has 0 saturated heterocycles. The molecule has 4 rings (SSSR count). The molecule has 0 bridgehead atoms. The van der Waals surface area contributed by atoms with Crippen LogP contribution in [0.1, 0.15) is 21.5 Å². The van der Waals surface area contributed by atoms with Crippen molar-refractivity contribution in [2.45, 2.75) is 0 Å². The van der Waals surface area contributed by atoms with Crippen LogP contribution in [0.15, 0.2) is 95.6 Å². The first kappa shape index (κ1) is 20.4. The van der Waals surface area contributed by atoms with Gasteiger partial charge in [-0.1, -0.05) is 90.5 Å². The van der Waals surface area contributed by atoms with Crippen LogP contribution in [0.5, 0.6) is 0 Å². The van der Waals surface area contributed by atoms with Gasteiger partial charge in [0.15, 0.2) is 0 Å². The summed E-state index contributed by atoms with van der Waals surface area (Å²) in [5.41, 5.74) is 2.68. The molecule has 140 valence electrons. The van der Waals surface area contributed by atoms with Crippen molar-refractivity contribution in [2.24, 2.45) is 4.99 Å². The Hall–Kier alpha value is -2.34. The summed E-state index contributed by atoms with van der Waals surface area (Å²) in [7, 11) is 0. The maximum Gasteiger partial charge on any atom is 0.212 e. The molecule has 1 N–H and O–H groups in total. The molecule has 0 aliphatic carbocycles. The molecular weight excluding hydrogens is 456 g/mol. The second kappa shape index (κ2) is 9.24. The Morgan fingerprint density at radius 1 is 0.857 bits per heavy atom. The minimum atomic E-state index is -0.132. The van der Waals surface area contributed by atoms with Crippen molar-refractivity contribution >= 4 is 57.1 Å². The Morgan fingerprint density at radius 3 is 2.14 bits per heavy atom. The first-order valence-corrected chi connectivity index (χ1v) is 9.59. The number of rotatable bonds is 4. The van der Waals surface area contributed by atoms with Crippen molar-refractivity contribution < 1.29 is 4.79 Å². The van der Waals surface area contributed by atoms with Gasteiger partial charge in [-0.15, -0.1) is 17.0 Å². The van der Waals surface area contributed by atoms with Crippen molar-refractivity contribution in [1.82, 2.24) is 4.72 Å². The van der Waals surface area contributed by atoms with E-state index < -0.39 is 0 Å². The fourth-order valence-electron chi connectivity index (χ4n) is 2.76. The highest BCUT2D eigenvalue weighted by atomic mass is 79.9. The lowest BCUT2D eigenvalue weighted by Gasteiger charge is -2.20. The molecule has 1 aliphatic heterocycles. The van der Waals surface area contributed by atoms with Crippen LogP contribution in [-0.2, 0) is 0 Å². The average Bonchev–Trinajstić information content (AvgIpc) is 2.74. The van der Waals surface area contributed by atoms with Gasteiger partial charge in [-0.2, -0.15) is 0 Å². The van der Waals surface area contributed by atoms with Crippen LogP contribution in [0, 0.1) is 0 Å². The van der Waals surface area contributed by atoms with Gasteiger partial charge in [0.1, 0.15) is 11.5 Å². The predicted octanol–water partition coefficient (Wildman–Crippen LogP) is 6.17. The maximum absolute atomic E-state index is 13.2. The van der Waals surface area contributed by atoms with Gasteiger partial charge in [0.25, 0.3) is 0 Å². The third-order valence-electron chi connectivity index (χ3n) is 4.11. The first-order chi connectivity index (χ1) is 13.2. The molecule has 0 radical (unpaired) electrons. The Balaban J connectivity index is 0.00000225. The molecule has 3 aromatic carbocycles. The van der Waals surface area contributed by atoms with Crippen molar-refractivity contribution in [3.63, 3.8) is 0 Å². The van der Waals surface area contributed by atoms with Gasteiger partial charge in [0.2, 0.25) is 5.78 Å². The smallest absolute Gasteiger partial charge is 0.212 e. The molecule has 28 heavy (non-hydrogen) atoms. The van der Waals surface area contributed by atoms with Crippen LogP contribution in [0.3, 0.4) is 0 Å². The molecule has 6 heteroatoms. The number of allylic oxidation sites excluding steroid dienone is 1. The molecule has 1 heterocycles. The van der Waals surface area contributed by atoms with E-state index in [-0.39, 0.29) is 22.8 Å². The van der Waals surface area contributed by atoms with Crippen LogP contribution >= 0.6 is 40.5 Å². The van der Waals surface area contributed by atoms with Crippen molar-refractivity contribution in [1.29, 1.82) is 0 Å². The van der Waals surface area contributed by atoms with Gasteiger partial charge < -0.3 is 4.72 Å². The zero-order valence-corrected chi connectivity index (χ0v) is 17.9. The van der Waals surface area contributed by atoms with Crippen molar-refractivity contribution in [3.05, 3.63) is 112 Å². The highest BCUT2D eigenvalue weighted by Crippen LogP contribution is 2.37. The van der Waals surface area contributed by atoms with Crippen LogP contribution in [0.4, 0.5) is 0 Å². The lowest BCUT2D eigenvalue weighted by atomic mass is 10.1. The third-order valence-corrected chi connectivity index (χ3v) is 5.35. The number of nitrogens with zero attached hydrogens (tertiary/aromatic N) is 1. The molecule has 0 amide bonds. The number of ketones is 1. The maximum atomic E-state index is 13.2. The number of benzene rings is 3. The minimum absolute atomic E-state index is 0. The molecule has 0 unspecified atom stereocenters. The number of hydrogen-bond donors (Lipinski definition) is 1. The van der Waals surface area contributed by atoms with E-state index in [4.69, 9.17) is 11.6 Å². The van der Waals surface area contributed by atoms with Gasteiger partial charge >= 0.3 is 0 Å². The van der Waals surface area contributed by atoms with Gasteiger partial charge in [-0.05, 0) is 18.0 Å². The summed E-state index contributed by atoms with van der Waals surface area (Å²) < 4.78 is 3.25. The summed E-state index contributed by atoms with van der Waals surface area (Å²) in [6, 6.07) is 26.4. The van der Waals surface area contributed by atoms with Gasteiger partial charge in [-0.25, -0.2) is 4.99 Å². The molecule has 0 atom stereocenters. The number of halogens is 2. The van der Waals surface area contributed by atoms with Crippen LogP contribution < -0.4 is 4.72 Å². The van der Waals surface area contributed by atoms with E-state index in [1.165, 1.54) is 11.9 Å². The van der Waals surface area contributed by atoms with E-state index in [9.17, 15) is 4.79 Å². The predicted molar refractivity (Wildman–Crippen MR) is 123 cm³/mol. The normalized spacial score (nSPS) is 13.2. The Kier molecular flexibility index (Phi) is 6.73. The van der Waals surface area contributed by atoms with Crippen LogP contribution in [0.2, 0.25) is 5.02 Å². The molecule has 3 aromatic rings. The van der Waals surface area contributed by atoms with Gasteiger partial charge in [-0.3, -0.25) is 4.79 Å². The van der Waals surface area contributed by atoms with E-state index in [1.54, 1.807) is 12.1 Å². The topological polar surface area (TPSA) is 41.5 Å². The number of aliphatic imine (C=N–C) groups is 1. The zero-order chi connectivity index (χ0) is 18.6. The largest absolute Gasteiger partial charge is 0.310 e. The number of carbonyl (C=O) groups is 1. The second-order valence-corrected chi connectivity index (χ2v) is 7.11. The van der Waals surface area contributed by atoms with Crippen LogP contribution in [0.25, 0.3) is 4.91 Å². The highest BCUT2D eigenvalue weighted by molar-refractivity contribution is 8.93. The molecule has 3 nitrogen and oxygen atoms in total. The summed E-state index contributed by atoms with van der Waals surface area (Å²) in [5, 5.41) is 0.582. The number of carbonyl (C=O) groups excluding carboxylic acids is 1. The minimum Gasteiger partial charge on any atom is -0.310 e. The van der Waals surface area contributed by atoms with Gasteiger partial charge in [0.05, 0.1) is 4.91 Å². The first-order valence-electron chi connectivity index (χ1n) is 8.40. The summed E-state index contributed by atoms with van der Waals surface area (Å²) in [5.74, 6) is 0.517. The number of hydrogen-bond acceptors (Lipinski definition) is 4. The standard InChI is InChI=1S/C22H15ClN2OS.BrH/c23-18-14-8-7-13-17(18)21-19(20(26)15-9-3-1-4-10-15)24-22(25-27-21)16-11-5-2-6-12-16;/h1-14H,(H,24,25);1H. The van der Waals surface area contributed by atoms with Crippen molar-refractivity contribution in [2.75, 3.05) is 0 Å². The third kappa shape index (κ3) is 4.22. The molecule has 0 fully saturated rings. The lowest BCUT2D eigenvalue weighted by molar-refractivity contribution is 0.103. The summed E-state index contributed by atoms with van der Waals surface area (Å²) in [4.78, 5) is 18.6. The molecule has 0 aromatic heterocycles. The number of nitrogens with one attached hydrogen (secondary N) is 1. The zero-order valence-electron chi connectivity index (χ0n) is 14.6. The monoisotopic (exact) mass is 470 g/mol. The summed E-state index contributed by atoms with van der Waals surface area (Å²) in [6.45, 7) is 0. The Morgan fingerprint density at radius 2 is 1.46 bits per heavy atom. The molecular formula is C22H16BrClN2OS. The number of Topliss-reactive ketones (excluding diaryl/α,β-unsaturated/α-hetero) is 1. The van der Waals surface area contributed by atoms with Crippen LogP contribution in [-0.4, -0.2) is 11.6 Å². The van der Waals surface area contributed by atoms with E-state index in [1.807, 2.05) is 72.8 Å². The van der Waals surface area contributed by atoms with E-state index >= 15 is 0 Å². The molecule has 0 spiro atoms. The SMILES string of the molecule is Br.O=C(C1=C(c2ccccc2Cl)SNC(c2ccccc2)=N1)c1ccccc1.